The Kier molecular flexibility index (Phi) is 7.74. The van der Waals surface area contributed by atoms with Gasteiger partial charge in [-0.25, -0.2) is 0 Å². The van der Waals surface area contributed by atoms with Gasteiger partial charge in [0.15, 0.2) is 0 Å². The standard InChI is InChI=1S/C31H33F3N4O2/c1-21(2)14-15-38-28(26-8-3-4-9-27(26)30(38)40)35-24-12-10-22(11-13-24)29(39)37-18-16-36(17-19-37)25-7-5-6-23(20-25)31(32,33)34/h3-13,20-21,28,35H,14-19H2,1-2H3. The van der Waals surface area contributed by atoms with Crippen LogP contribution in [0.4, 0.5) is 24.5 Å². The van der Waals surface area contributed by atoms with Gasteiger partial charge in [-0.15, -0.1) is 0 Å². The van der Waals surface area contributed by atoms with Crippen LogP contribution in [0.1, 0.15) is 58.3 Å². The van der Waals surface area contributed by atoms with Gasteiger partial charge in [0.2, 0.25) is 0 Å². The fourth-order valence-corrected chi connectivity index (χ4v) is 5.25. The molecule has 3 aromatic carbocycles. The molecule has 0 aliphatic carbocycles. The van der Waals surface area contributed by atoms with Gasteiger partial charge in [-0.1, -0.05) is 38.1 Å². The van der Waals surface area contributed by atoms with Gasteiger partial charge in [-0.3, -0.25) is 9.59 Å². The van der Waals surface area contributed by atoms with Crippen molar-refractivity contribution in [3.05, 3.63) is 95.1 Å². The number of fused-ring (bicyclic) bond motifs is 1. The number of hydrogen-bond donors (Lipinski definition) is 1. The highest BCUT2D eigenvalue weighted by atomic mass is 19.4. The first-order valence-electron chi connectivity index (χ1n) is 13.6. The predicted octanol–water partition coefficient (Wildman–Crippen LogP) is 6.28. The van der Waals surface area contributed by atoms with Gasteiger partial charge in [-0.05, 0) is 60.9 Å². The van der Waals surface area contributed by atoms with Gasteiger partial charge >= 0.3 is 6.18 Å². The first-order chi connectivity index (χ1) is 19.1. The second kappa shape index (κ2) is 11.2. The molecule has 2 heterocycles. The molecule has 0 spiro atoms. The number of anilines is 2. The summed E-state index contributed by atoms with van der Waals surface area (Å²) in [7, 11) is 0. The van der Waals surface area contributed by atoms with E-state index < -0.39 is 11.7 Å². The van der Waals surface area contributed by atoms with Crippen LogP contribution in [0.25, 0.3) is 0 Å². The van der Waals surface area contributed by atoms with Crippen LogP contribution in [0, 0.1) is 5.92 Å². The number of carbonyl (C=O) groups excluding carboxylic acids is 2. The average molecular weight is 551 g/mol. The molecule has 2 aliphatic rings. The van der Waals surface area contributed by atoms with Crippen LogP contribution >= 0.6 is 0 Å². The van der Waals surface area contributed by atoms with Crippen molar-refractivity contribution >= 4 is 23.2 Å². The highest BCUT2D eigenvalue weighted by molar-refractivity contribution is 5.99. The van der Waals surface area contributed by atoms with Crippen LogP contribution in [0.5, 0.6) is 0 Å². The number of rotatable bonds is 7. The number of hydrogen-bond acceptors (Lipinski definition) is 4. The number of benzene rings is 3. The summed E-state index contributed by atoms with van der Waals surface area (Å²) >= 11 is 0. The van der Waals surface area contributed by atoms with E-state index in [1.165, 1.54) is 6.07 Å². The Hall–Kier alpha value is -4.01. The quantitative estimate of drug-likeness (QED) is 0.376. The van der Waals surface area contributed by atoms with Crippen molar-refractivity contribution < 1.29 is 22.8 Å². The third-order valence-corrected chi connectivity index (χ3v) is 7.55. The van der Waals surface area contributed by atoms with Crippen molar-refractivity contribution in [1.82, 2.24) is 9.80 Å². The van der Waals surface area contributed by atoms with Crippen LogP contribution in [0.2, 0.25) is 0 Å². The maximum Gasteiger partial charge on any atom is 0.416 e. The van der Waals surface area contributed by atoms with Crippen LogP contribution in [0.15, 0.2) is 72.8 Å². The predicted molar refractivity (Wildman–Crippen MR) is 149 cm³/mol. The molecule has 40 heavy (non-hydrogen) atoms. The van der Waals surface area contributed by atoms with Crippen LogP contribution in [-0.2, 0) is 6.18 Å². The molecule has 0 radical (unpaired) electrons. The minimum atomic E-state index is -4.39. The zero-order valence-electron chi connectivity index (χ0n) is 22.6. The van der Waals surface area contributed by atoms with Gasteiger partial charge in [-0.2, -0.15) is 13.2 Å². The molecular weight excluding hydrogens is 517 g/mol. The molecule has 1 atom stereocenters. The van der Waals surface area contributed by atoms with E-state index in [1.807, 2.05) is 46.2 Å². The molecule has 0 aromatic heterocycles. The molecule has 3 aromatic rings. The minimum absolute atomic E-state index is 0.0184. The number of halogens is 3. The Bertz CT molecular complexity index is 1370. The molecule has 5 rings (SSSR count). The molecule has 1 N–H and O–H groups in total. The fourth-order valence-electron chi connectivity index (χ4n) is 5.25. The lowest BCUT2D eigenvalue weighted by Crippen LogP contribution is -2.48. The van der Waals surface area contributed by atoms with E-state index in [9.17, 15) is 22.8 Å². The van der Waals surface area contributed by atoms with Gasteiger partial charge in [0, 0.05) is 60.8 Å². The van der Waals surface area contributed by atoms with Crippen LogP contribution < -0.4 is 10.2 Å². The SMILES string of the molecule is CC(C)CCN1C(=O)c2ccccc2C1Nc1ccc(C(=O)N2CCN(c3cccc(C(F)(F)F)c3)CC2)cc1. The lowest BCUT2D eigenvalue weighted by Gasteiger charge is -2.36. The number of carbonyl (C=O) groups is 2. The third-order valence-electron chi connectivity index (χ3n) is 7.55. The number of nitrogens with one attached hydrogen (secondary N) is 1. The lowest BCUT2D eigenvalue weighted by atomic mass is 10.1. The van der Waals surface area contributed by atoms with E-state index in [1.54, 1.807) is 23.1 Å². The summed E-state index contributed by atoms with van der Waals surface area (Å²) in [6.07, 6.45) is -3.78. The zero-order valence-corrected chi connectivity index (χ0v) is 22.6. The smallest absolute Gasteiger partial charge is 0.368 e. The van der Waals surface area contributed by atoms with Gasteiger partial charge in [0.05, 0.1) is 5.56 Å². The van der Waals surface area contributed by atoms with Crippen molar-refractivity contribution in [3.63, 3.8) is 0 Å². The van der Waals surface area contributed by atoms with E-state index in [0.717, 1.165) is 29.8 Å². The van der Waals surface area contributed by atoms with E-state index in [-0.39, 0.29) is 18.0 Å². The van der Waals surface area contributed by atoms with E-state index >= 15 is 0 Å². The number of amides is 2. The van der Waals surface area contributed by atoms with Crippen LogP contribution in [-0.4, -0.2) is 54.3 Å². The Labute approximate surface area is 232 Å². The molecule has 6 nitrogen and oxygen atoms in total. The monoisotopic (exact) mass is 550 g/mol. The highest BCUT2D eigenvalue weighted by Gasteiger charge is 2.36. The van der Waals surface area contributed by atoms with Gasteiger partial charge < -0.3 is 20.0 Å². The Morgan fingerprint density at radius 3 is 2.33 bits per heavy atom. The summed E-state index contributed by atoms with van der Waals surface area (Å²) in [5.41, 5.74) is 2.82. The maximum atomic E-state index is 13.2. The highest BCUT2D eigenvalue weighted by Crippen LogP contribution is 2.35. The molecule has 1 saturated heterocycles. The van der Waals surface area contributed by atoms with Gasteiger partial charge in [0.25, 0.3) is 11.8 Å². The number of nitrogens with zero attached hydrogens (tertiary/aromatic N) is 3. The summed E-state index contributed by atoms with van der Waals surface area (Å²) in [6.45, 7) is 6.66. The normalized spacial score (nSPS) is 17.4. The Morgan fingerprint density at radius 1 is 0.950 bits per heavy atom. The van der Waals surface area contributed by atoms with E-state index in [2.05, 4.69) is 19.2 Å². The zero-order chi connectivity index (χ0) is 28.4. The maximum absolute atomic E-state index is 13.2. The third kappa shape index (κ3) is 5.78. The second-order valence-electron chi connectivity index (χ2n) is 10.7. The molecule has 2 aliphatic heterocycles. The topological polar surface area (TPSA) is 55.9 Å². The summed E-state index contributed by atoms with van der Waals surface area (Å²) in [6, 6.07) is 20.2. The molecule has 9 heteroatoms. The van der Waals surface area contributed by atoms with Crippen LogP contribution in [0.3, 0.4) is 0 Å². The molecule has 210 valence electrons. The van der Waals surface area contributed by atoms with Gasteiger partial charge in [0.1, 0.15) is 6.17 Å². The Balaban J connectivity index is 1.22. The molecule has 2 amide bonds. The number of piperazine rings is 1. The molecule has 0 saturated carbocycles. The minimum Gasteiger partial charge on any atom is -0.368 e. The second-order valence-corrected chi connectivity index (χ2v) is 10.7. The van der Waals surface area contributed by atoms with E-state index in [0.29, 0.717) is 55.5 Å². The van der Waals surface area contributed by atoms with Crippen molar-refractivity contribution in [3.8, 4) is 0 Å². The van der Waals surface area contributed by atoms with Crippen molar-refractivity contribution in [2.45, 2.75) is 32.6 Å². The van der Waals surface area contributed by atoms with Crippen molar-refractivity contribution in [2.75, 3.05) is 42.9 Å². The van der Waals surface area contributed by atoms with E-state index in [4.69, 9.17) is 0 Å². The molecular formula is C31H33F3N4O2. The molecule has 1 fully saturated rings. The number of alkyl halides is 3. The summed E-state index contributed by atoms with van der Waals surface area (Å²) in [4.78, 5) is 31.7. The summed E-state index contributed by atoms with van der Waals surface area (Å²) in [5, 5.41) is 3.48. The summed E-state index contributed by atoms with van der Waals surface area (Å²) in [5.74, 6) is 0.370. The average Bonchev–Trinajstić information content (AvgIpc) is 3.22. The van der Waals surface area contributed by atoms with Crippen molar-refractivity contribution in [1.29, 1.82) is 0 Å². The molecule has 0 bridgehead atoms. The first kappa shape index (κ1) is 27.6. The lowest BCUT2D eigenvalue weighted by molar-refractivity contribution is -0.137. The largest absolute Gasteiger partial charge is 0.416 e. The molecule has 1 unspecified atom stereocenters. The Morgan fingerprint density at radius 2 is 1.65 bits per heavy atom. The van der Waals surface area contributed by atoms with Crippen molar-refractivity contribution in [2.24, 2.45) is 5.92 Å². The first-order valence-corrected chi connectivity index (χ1v) is 13.6. The summed E-state index contributed by atoms with van der Waals surface area (Å²) < 4.78 is 39.3. The fraction of sp³-hybridized carbons (Fsp3) is 0.355.